The van der Waals surface area contributed by atoms with E-state index in [0.717, 1.165) is 50.5 Å². The lowest BCUT2D eigenvalue weighted by Crippen LogP contribution is -2.70. The normalized spacial score (nSPS) is 59.8. The Morgan fingerprint density at radius 3 is 2.39 bits per heavy atom. The molecule has 6 rings (SSSR count). The molecular formula is C29H42O4. The lowest BCUT2D eigenvalue weighted by Gasteiger charge is -2.71. The third-order valence-electron chi connectivity index (χ3n) is 13.2. The Hall–Kier alpha value is -1.16. The molecule has 11 unspecified atom stereocenters. The maximum atomic E-state index is 13.9. The van der Waals surface area contributed by atoms with Crippen LogP contribution in [0.25, 0.3) is 0 Å². The summed E-state index contributed by atoms with van der Waals surface area (Å²) in [5.74, 6) is 1.76. The van der Waals surface area contributed by atoms with Crippen LogP contribution in [-0.4, -0.2) is 29.1 Å². The van der Waals surface area contributed by atoms with E-state index in [1.165, 1.54) is 0 Å². The van der Waals surface area contributed by atoms with Gasteiger partial charge in [0.2, 0.25) is 0 Å². The maximum Gasteiger partial charge on any atom is 0.313 e. The molecule has 5 saturated carbocycles. The number of fused-ring (bicyclic) bond motifs is 4. The minimum atomic E-state index is -0.470. The Balaban J connectivity index is 1.47. The number of ketones is 1. The lowest BCUT2D eigenvalue weighted by molar-refractivity contribution is -0.244. The summed E-state index contributed by atoms with van der Waals surface area (Å²) >= 11 is 0. The van der Waals surface area contributed by atoms with Crippen molar-refractivity contribution in [1.82, 2.24) is 0 Å². The van der Waals surface area contributed by atoms with Gasteiger partial charge in [0, 0.05) is 17.8 Å². The Labute approximate surface area is 198 Å². The maximum absolute atomic E-state index is 13.9. The molecular weight excluding hydrogens is 412 g/mol. The largest absolute Gasteiger partial charge is 0.461 e. The first kappa shape index (κ1) is 22.3. The van der Waals surface area contributed by atoms with E-state index in [1.807, 2.05) is 0 Å². The van der Waals surface area contributed by atoms with Gasteiger partial charge in [-0.05, 0) is 90.9 Å². The zero-order valence-corrected chi connectivity index (χ0v) is 21.2. The van der Waals surface area contributed by atoms with E-state index < -0.39 is 11.5 Å². The molecule has 1 saturated heterocycles. The molecule has 0 aromatic rings. The number of hydrogen-bond donors (Lipinski definition) is 1. The van der Waals surface area contributed by atoms with Gasteiger partial charge in [-0.2, -0.15) is 0 Å². The summed E-state index contributed by atoms with van der Waals surface area (Å²) in [6.45, 7) is 16.0. The van der Waals surface area contributed by atoms with Gasteiger partial charge in [-0.15, -0.1) is 0 Å². The topological polar surface area (TPSA) is 63.6 Å². The van der Waals surface area contributed by atoms with Crippen LogP contribution in [0.5, 0.6) is 0 Å². The average molecular weight is 455 g/mol. The molecule has 6 aliphatic rings. The Morgan fingerprint density at radius 2 is 1.67 bits per heavy atom. The van der Waals surface area contributed by atoms with Crippen molar-refractivity contribution in [1.29, 1.82) is 0 Å². The van der Waals surface area contributed by atoms with Gasteiger partial charge in [-0.3, -0.25) is 9.59 Å². The predicted octanol–water partition coefficient (Wildman–Crippen LogP) is 5.47. The van der Waals surface area contributed by atoms with Crippen molar-refractivity contribution in [2.45, 2.75) is 105 Å². The summed E-state index contributed by atoms with van der Waals surface area (Å²) in [5.41, 5.74) is 0.358. The fourth-order valence-electron chi connectivity index (χ4n) is 11.3. The molecule has 4 heteroatoms. The highest BCUT2D eigenvalue weighted by Gasteiger charge is 2.81. The molecule has 2 bridgehead atoms. The summed E-state index contributed by atoms with van der Waals surface area (Å²) in [6, 6.07) is 0. The van der Waals surface area contributed by atoms with Crippen LogP contribution < -0.4 is 0 Å². The van der Waals surface area contributed by atoms with Gasteiger partial charge >= 0.3 is 5.97 Å². The van der Waals surface area contributed by atoms with Crippen LogP contribution in [0.15, 0.2) is 12.2 Å². The molecule has 1 N–H and O–H groups in total. The lowest BCUT2D eigenvalue weighted by atomic mass is 9.30. The molecule has 0 radical (unpaired) electrons. The van der Waals surface area contributed by atoms with E-state index >= 15 is 0 Å². The number of esters is 1. The van der Waals surface area contributed by atoms with Crippen LogP contribution in [-0.2, 0) is 14.3 Å². The third-order valence-corrected chi connectivity index (χ3v) is 13.2. The fraction of sp³-hybridized carbons (Fsp3) is 0.862. The third kappa shape index (κ3) is 2.29. The smallest absolute Gasteiger partial charge is 0.313 e. The van der Waals surface area contributed by atoms with Gasteiger partial charge < -0.3 is 9.84 Å². The second kappa shape index (κ2) is 6.33. The standard InChI is InChI=1S/C29H42O4/c1-16-13-22-25(3,14-19(16)31)15-23-28(6)21-9-10-26(4)17(2)18(30)7-8-20(26)27(21,5)11-12-29(22,28)24(32)33-23/h17,19-23,31H,1,7-15H2,2-6H3. The average Bonchev–Trinajstić information content (AvgIpc) is 2.88. The SMILES string of the molecule is C=C1CC2C(C)(CC1O)CC1OC(=O)C23CCC2(C)C4CCC(=O)C(C)C4(C)CCC2C13C. The second-order valence-electron chi connectivity index (χ2n) is 14.0. The van der Waals surface area contributed by atoms with Gasteiger partial charge in [-0.25, -0.2) is 0 Å². The predicted molar refractivity (Wildman–Crippen MR) is 126 cm³/mol. The Morgan fingerprint density at radius 1 is 0.939 bits per heavy atom. The molecule has 0 aromatic carbocycles. The van der Waals surface area contributed by atoms with E-state index in [1.54, 1.807) is 0 Å². The highest BCUT2D eigenvalue weighted by Crippen LogP contribution is 2.80. The zero-order valence-electron chi connectivity index (χ0n) is 21.2. The van der Waals surface area contributed by atoms with Crippen LogP contribution in [0.2, 0.25) is 0 Å². The molecule has 0 amide bonds. The number of rotatable bonds is 0. The zero-order chi connectivity index (χ0) is 23.8. The van der Waals surface area contributed by atoms with Crippen molar-refractivity contribution >= 4 is 11.8 Å². The highest BCUT2D eigenvalue weighted by atomic mass is 16.6. The van der Waals surface area contributed by atoms with Gasteiger partial charge in [0.05, 0.1) is 11.5 Å². The van der Waals surface area contributed by atoms with Gasteiger partial charge in [0.1, 0.15) is 11.9 Å². The van der Waals surface area contributed by atoms with Crippen molar-refractivity contribution in [3.63, 3.8) is 0 Å². The highest BCUT2D eigenvalue weighted by molar-refractivity contribution is 5.83. The molecule has 182 valence electrons. The first-order valence-corrected chi connectivity index (χ1v) is 13.4. The molecule has 0 spiro atoms. The number of hydrogen-bond acceptors (Lipinski definition) is 4. The van der Waals surface area contributed by atoms with Crippen molar-refractivity contribution in [2.75, 3.05) is 0 Å². The minimum absolute atomic E-state index is 0.0375. The van der Waals surface area contributed by atoms with Crippen molar-refractivity contribution in [3.05, 3.63) is 12.2 Å². The van der Waals surface area contributed by atoms with Crippen LogP contribution in [0.1, 0.15) is 92.4 Å². The molecule has 33 heavy (non-hydrogen) atoms. The van der Waals surface area contributed by atoms with Gasteiger partial charge in [0.25, 0.3) is 0 Å². The quantitative estimate of drug-likeness (QED) is 0.389. The molecule has 0 aromatic heterocycles. The molecule has 6 fully saturated rings. The molecule has 11 atom stereocenters. The number of ether oxygens (including phenoxy) is 1. The van der Waals surface area contributed by atoms with Gasteiger partial charge in [0.15, 0.2) is 0 Å². The van der Waals surface area contributed by atoms with Crippen molar-refractivity contribution < 1.29 is 19.4 Å². The van der Waals surface area contributed by atoms with E-state index in [9.17, 15) is 14.7 Å². The monoisotopic (exact) mass is 454 g/mol. The molecule has 1 heterocycles. The summed E-state index contributed by atoms with van der Waals surface area (Å²) in [6.07, 6.45) is 7.55. The van der Waals surface area contributed by atoms with Crippen LogP contribution in [0, 0.1) is 50.7 Å². The molecule has 4 nitrogen and oxygen atoms in total. The minimum Gasteiger partial charge on any atom is -0.461 e. The van der Waals surface area contributed by atoms with Crippen LogP contribution >= 0.6 is 0 Å². The second-order valence-corrected chi connectivity index (χ2v) is 14.0. The number of aliphatic hydroxyl groups excluding tert-OH is 1. The van der Waals surface area contributed by atoms with E-state index in [-0.39, 0.29) is 45.6 Å². The summed E-state index contributed by atoms with van der Waals surface area (Å²) < 4.78 is 6.34. The summed E-state index contributed by atoms with van der Waals surface area (Å²) in [5, 5.41) is 10.7. The molecule has 1 aliphatic heterocycles. The van der Waals surface area contributed by atoms with Crippen molar-refractivity contribution in [3.8, 4) is 0 Å². The Kier molecular flexibility index (Phi) is 4.28. The van der Waals surface area contributed by atoms with E-state index in [4.69, 9.17) is 4.74 Å². The Bertz CT molecular complexity index is 955. The first-order chi connectivity index (χ1) is 15.3. The van der Waals surface area contributed by atoms with E-state index in [0.29, 0.717) is 30.5 Å². The summed E-state index contributed by atoms with van der Waals surface area (Å²) in [7, 11) is 0. The van der Waals surface area contributed by atoms with Crippen molar-refractivity contribution in [2.24, 2.45) is 50.7 Å². The van der Waals surface area contributed by atoms with Crippen LogP contribution in [0.3, 0.4) is 0 Å². The fourth-order valence-corrected chi connectivity index (χ4v) is 11.3. The van der Waals surface area contributed by atoms with Gasteiger partial charge in [-0.1, -0.05) is 41.2 Å². The molecule has 5 aliphatic carbocycles. The number of carbonyl (C=O) groups excluding carboxylic acids is 2. The number of Topliss-reactive ketones (excluding diaryl/α,β-unsaturated/α-hetero) is 1. The summed E-state index contributed by atoms with van der Waals surface area (Å²) in [4.78, 5) is 26.6. The number of carbonyl (C=O) groups is 2. The van der Waals surface area contributed by atoms with E-state index in [2.05, 4.69) is 41.2 Å². The first-order valence-electron chi connectivity index (χ1n) is 13.4. The van der Waals surface area contributed by atoms with Crippen LogP contribution in [0.4, 0.5) is 0 Å². The number of aliphatic hydroxyl groups is 1.